The lowest BCUT2D eigenvalue weighted by Crippen LogP contribution is -2.01. The van der Waals surface area contributed by atoms with Gasteiger partial charge in [-0.15, -0.1) is 0 Å². The highest BCUT2D eigenvalue weighted by atomic mass is 35.5. The molecule has 0 atom stereocenters. The van der Waals surface area contributed by atoms with Gasteiger partial charge in [0.15, 0.2) is 5.75 Å². The largest absolute Gasteiger partial charge is 0.454 e. The molecule has 8 heteroatoms. The van der Waals surface area contributed by atoms with E-state index >= 15 is 0 Å². The maximum Gasteiger partial charge on any atom is 0.222 e. The average molecular weight is 412 g/mol. The first-order valence-corrected chi connectivity index (χ1v) is 9.13. The molecular formula is C20H15Cl2N5O. The number of nitrogen functional groups attached to an aromatic ring is 1. The lowest BCUT2D eigenvalue weighted by molar-refractivity contribution is 0.489. The predicted octanol–water partition coefficient (Wildman–Crippen LogP) is 5.76. The van der Waals surface area contributed by atoms with E-state index in [0.29, 0.717) is 33.0 Å². The third kappa shape index (κ3) is 3.78. The second-order valence-electron chi connectivity index (χ2n) is 6.10. The summed E-state index contributed by atoms with van der Waals surface area (Å²) in [6.07, 6.45) is 3.48. The van der Waals surface area contributed by atoms with E-state index in [-0.39, 0.29) is 5.95 Å². The number of hydrogen-bond donors (Lipinski definition) is 2. The Labute approximate surface area is 171 Å². The van der Waals surface area contributed by atoms with Gasteiger partial charge in [-0.05, 0) is 31.2 Å². The van der Waals surface area contributed by atoms with Crippen molar-refractivity contribution in [1.29, 1.82) is 0 Å². The van der Waals surface area contributed by atoms with E-state index in [1.165, 1.54) is 0 Å². The predicted molar refractivity (Wildman–Crippen MR) is 113 cm³/mol. The number of ether oxygens (including phenoxy) is 1. The van der Waals surface area contributed by atoms with Gasteiger partial charge in [0.25, 0.3) is 0 Å². The first-order chi connectivity index (χ1) is 13.5. The molecule has 0 spiro atoms. The van der Waals surface area contributed by atoms with E-state index < -0.39 is 0 Å². The SMILES string of the molecule is Cc1cc(Nc2cc(Cl)c(Oc3cccc4cnccc34)c(Cl)c2)nc(N)n1. The molecule has 0 saturated carbocycles. The third-order valence-corrected chi connectivity index (χ3v) is 4.56. The van der Waals surface area contributed by atoms with Crippen LogP contribution in [0.2, 0.25) is 10.0 Å². The van der Waals surface area contributed by atoms with Gasteiger partial charge >= 0.3 is 0 Å². The van der Waals surface area contributed by atoms with Crippen LogP contribution in [0.15, 0.2) is 54.9 Å². The Kier molecular flexibility index (Phi) is 4.90. The van der Waals surface area contributed by atoms with Crippen molar-refractivity contribution in [2.45, 2.75) is 6.92 Å². The van der Waals surface area contributed by atoms with Crippen LogP contribution >= 0.6 is 23.2 Å². The van der Waals surface area contributed by atoms with Crippen LogP contribution in [0.25, 0.3) is 10.8 Å². The van der Waals surface area contributed by atoms with Gasteiger partial charge in [-0.25, -0.2) is 4.98 Å². The van der Waals surface area contributed by atoms with Gasteiger partial charge in [0.05, 0.1) is 10.0 Å². The minimum absolute atomic E-state index is 0.185. The van der Waals surface area contributed by atoms with Crippen LogP contribution in [0, 0.1) is 6.92 Å². The normalized spacial score (nSPS) is 10.8. The second kappa shape index (κ2) is 7.50. The molecule has 0 unspecified atom stereocenters. The molecule has 4 aromatic rings. The van der Waals surface area contributed by atoms with Gasteiger partial charge in [-0.2, -0.15) is 4.98 Å². The topological polar surface area (TPSA) is 86.0 Å². The zero-order valence-electron chi connectivity index (χ0n) is 14.8. The molecule has 0 amide bonds. The summed E-state index contributed by atoms with van der Waals surface area (Å²) in [5.41, 5.74) is 7.09. The van der Waals surface area contributed by atoms with Crippen LogP contribution in [0.4, 0.5) is 17.5 Å². The number of nitrogens with zero attached hydrogens (tertiary/aromatic N) is 3. The zero-order chi connectivity index (χ0) is 19.7. The Morgan fingerprint density at radius 1 is 1.04 bits per heavy atom. The molecule has 0 saturated heterocycles. The molecule has 28 heavy (non-hydrogen) atoms. The highest BCUT2D eigenvalue weighted by Crippen LogP contribution is 2.41. The summed E-state index contributed by atoms with van der Waals surface area (Å²) in [6, 6.07) is 12.8. The van der Waals surface area contributed by atoms with Gasteiger partial charge in [0.1, 0.15) is 11.6 Å². The Morgan fingerprint density at radius 2 is 1.82 bits per heavy atom. The molecule has 0 aliphatic rings. The summed E-state index contributed by atoms with van der Waals surface area (Å²) in [5.74, 6) is 1.75. The van der Waals surface area contributed by atoms with E-state index in [9.17, 15) is 0 Å². The molecule has 0 bridgehead atoms. The second-order valence-corrected chi connectivity index (χ2v) is 6.92. The van der Waals surface area contributed by atoms with Crippen molar-refractivity contribution in [3.05, 3.63) is 70.6 Å². The highest BCUT2D eigenvalue weighted by Gasteiger charge is 2.13. The summed E-state index contributed by atoms with van der Waals surface area (Å²) >= 11 is 12.9. The number of aromatic nitrogens is 3. The number of aryl methyl sites for hydroxylation is 1. The number of hydrogen-bond acceptors (Lipinski definition) is 6. The number of halogens is 2. The Bertz CT molecular complexity index is 1130. The van der Waals surface area contributed by atoms with Crippen LogP contribution in [0.5, 0.6) is 11.5 Å². The number of nitrogens with one attached hydrogen (secondary N) is 1. The summed E-state index contributed by atoms with van der Waals surface area (Å²) in [6.45, 7) is 1.83. The van der Waals surface area contributed by atoms with Crippen LogP contribution in [-0.2, 0) is 0 Å². The molecule has 3 N–H and O–H groups in total. The van der Waals surface area contributed by atoms with Crippen molar-refractivity contribution in [2.75, 3.05) is 11.1 Å². The fourth-order valence-electron chi connectivity index (χ4n) is 2.82. The number of benzene rings is 2. The van der Waals surface area contributed by atoms with E-state index in [1.54, 1.807) is 30.6 Å². The van der Waals surface area contributed by atoms with Crippen LogP contribution in [0.1, 0.15) is 5.69 Å². The zero-order valence-corrected chi connectivity index (χ0v) is 16.3. The summed E-state index contributed by atoms with van der Waals surface area (Å²) in [7, 11) is 0. The molecule has 2 aromatic carbocycles. The Morgan fingerprint density at radius 3 is 2.57 bits per heavy atom. The van der Waals surface area contributed by atoms with Crippen molar-refractivity contribution in [1.82, 2.24) is 15.0 Å². The molecule has 0 aliphatic heterocycles. The number of rotatable bonds is 4. The van der Waals surface area contributed by atoms with Crippen LogP contribution in [-0.4, -0.2) is 15.0 Å². The molecule has 2 aromatic heterocycles. The van der Waals surface area contributed by atoms with Crippen molar-refractivity contribution >= 4 is 51.4 Å². The minimum atomic E-state index is 0.185. The fraction of sp³-hybridized carbons (Fsp3) is 0.0500. The van der Waals surface area contributed by atoms with Crippen LogP contribution < -0.4 is 15.8 Å². The molecule has 0 radical (unpaired) electrons. The molecule has 6 nitrogen and oxygen atoms in total. The van der Waals surface area contributed by atoms with E-state index in [2.05, 4.69) is 20.3 Å². The Hall–Kier alpha value is -3.09. The minimum Gasteiger partial charge on any atom is -0.454 e. The maximum atomic E-state index is 6.45. The van der Waals surface area contributed by atoms with E-state index in [1.807, 2.05) is 31.2 Å². The number of nitrogens with two attached hydrogens (primary N) is 1. The quantitative estimate of drug-likeness (QED) is 0.443. The molecule has 4 rings (SSSR count). The van der Waals surface area contributed by atoms with Gasteiger partial charge in [-0.1, -0.05) is 35.3 Å². The lowest BCUT2D eigenvalue weighted by Gasteiger charge is -2.14. The molecule has 2 heterocycles. The molecule has 0 fully saturated rings. The van der Waals surface area contributed by atoms with E-state index in [0.717, 1.165) is 16.5 Å². The summed E-state index contributed by atoms with van der Waals surface area (Å²) < 4.78 is 6.03. The highest BCUT2D eigenvalue weighted by molar-refractivity contribution is 6.37. The lowest BCUT2D eigenvalue weighted by atomic mass is 10.1. The monoisotopic (exact) mass is 411 g/mol. The first-order valence-electron chi connectivity index (χ1n) is 8.37. The van der Waals surface area contributed by atoms with Crippen LogP contribution in [0.3, 0.4) is 0 Å². The van der Waals surface area contributed by atoms with Gasteiger partial charge < -0.3 is 15.8 Å². The number of anilines is 3. The van der Waals surface area contributed by atoms with Crippen molar-refractivity contribution in [2.24, 2.45) is 0 Å². The third-order valence-electron chi connectivity index (χ3n) is 3.99. The standard InChI is InChI=1S/C20H15Cl2N5O/c1-11-7-18(27-20(23)25-11)26-13-8-15(21)19(16(22)9-13)28-17-4-2-3-12-10-24-6-5-14(12)17/h2-10H,1H3,(H3,23,25,26,27). The maximum absolute atomic E-state index is 6.45. The molecule has 140 valence electrons. The van der Waals surface area contributed by atoms with Gasteiger partial charge in [0, 0.05) is 40.6 Å². The van der Waals surface area contributed by atoms with Gasteiger partial charge in [-0.3, -0.25) is 4.98 Å². The van der Waals surface area contributed by atoms with E-state index in [4.69, 9.17) is 33.7 Å². The number of pyridine rings is 1. The Balaban J connectivity index is 1.66. The smallest absolute Gasteiger partial charge is 0.222 e. The van der Waals surface area contributed by atoms with Crippen molar-refractivity contribution in [3.8, 4) is 11.5 Å². The fourth-order valence-corrected chi connectivity index (χ4v) is 3.39. The summed E-state index contributed by atoms with van der Waals surface area (Å²) in [5, 5.41) is 5.72. The first kappa shape index (κ1) is 18.3. The van der Waals surface area contributed by atoms with Crippen molar-refractivity contribution in [3.63, 3.8) is 0 Å². The average Bonchev–Trinajstić information content (AvgIpc) is 2.64. The molecular weight excluding hydrogens is 397 g/mol. The molecule has 0 aliphatic carbocycles. The number of fused-ring (bicyclic) bond motifs is 1. The summed E-state index contributed by atoms with van der Waals surface area (Å²) in [4.78, 5) is 12.3. The van der Waals surface area contributed by atoms with Crippen molar-refractivity contribution < 1.29 is 4.74 Å². The van der Waals surface area contributed by atoms with Gasteiger partial charge in [0.2, 0.25) is 5.95 Å².